The molecule has 1 aliphatic rings. The number of aliphatic carboxylic acids is 1. The maximum absolute atomic E-state index is 11.5. The molecule has 0 radical (unpaired) electrons. The number of carbonyl (C=O) groups is 1. The van der Waals surface area contributed by atoms with Crippen LogP contribution in [0.15, 0.2) is 50.7 Å². The molecule has 1 aromatic carbocycles. The molecule has 7 nitrogen and oxygen atoms in total. The highest BCUT2D eigenvalue weighted by Crippen LogP contribution is 2.47. The number of hydrogen-bond acceptors (Lipinski definition) is 5. The molecule has 5 N–H and O–H groups in total. The van der Waals surface area contributed by atoms with Crippen LogP contribution in [0.4, 0.5) is 0 Å². The van der Waals surface area contributed by atoms with Gasteiger partial charge in [0.2, 0.25) is 0 Å². The topological polar surface area (TPSA) is 110 Å². The first-order valence-corrected chi connectivity index (χ1v) is 11.8. The van der Waals surface area contributed by atoms with Crippen LogP contribution in [-0.2, 0) is 11.3 Å². The normalized spacial score (nSPS) is 17.3. The Morgan fingerprint density at radius 1 is 1.58 bits per heavy atom. The number of hydrogen-bond donors (Lipinski definition) is 3. The standard InChI is InChI=1S/C21H25BrClN5O2S/c1-3-14(23)5-4-8-31-20-18-15(22)9-13(21(26-24)27(2)25)10-16(18)28-7-6-12(19(20)28)11-17(29)30/h3-4,8-10,12,14H,1,5-7,11,24-25H2,2H3,(H,29,30)/b8-4+,26-21-. The Hall–Kier alpha value is -1.94. The second-order valence-electron chi connectivity index (χ2n) is 7.34. The quantitative estimate of drug-likeness (QED) is 0.0883. The van der Waals surface area contributed by atoms with Crippen molar-refractivity contribution in [1.82, 2.24) is 9.58 Å². The lowest BCUT2D eigenvalue weighted by Gasteiger charge is -2.15. The minimum absolute atomic E-state index is 0.0510. The van der Waals surface area contributed by atoms with Crippen molar-refractivity contribution in [3.05, 3.63) is 52.0 Å². The summed E-state index contributed by atoms with van der Waals surface area (Å²) in [5.74, 6) is 11.0. The number of hydrazone groups is 1. The molecule has 3 rings (SSSR count). The van der Waals surface area contributed by atoms with E-state index in [0.717, 1.165) is 44.5 Å². The zero-order valence-electron chi connectivity index (χ0n) is 17.1. The fourth-order valence-corrected chi connectivity index (χ4v) is 5.86. The third kappa shape index (κ3) is 4.95. The Morgan fingerprint density at radius 3 is 2.94 bits per heavy atom. The summed E-state index contributed by atoms with van der Waals surface area (Å²) in [5, 5.41) is 17.5. The molecule has 0 spiro atoms. The van der Waals surface area contributed by atoms with Gasteiger partial charge in [0, 0.05) is 45.5 Å². The Balaban J connectivity index is 2.14. The molecular formula is C21H25BrClN5O2S. The lowest BCUT2D eigenvalue weighted by atomic mass is 10.00. The molecule has 0 fully saturated rings. The van der Waals surface area contributed by atoms with E-state index in [1.807, 2.05) is 23.6 Å². The van der Waals surface area contributed by atoms with Gasteiger partial charge < -0.3 is 15.5 Å². The van der Waals surface area contributed by atoms with Crippen molar-refractivity contribution >= 4 is 62.0 Å². The number of nitrogens with two attached hydrogens (primary N) is 2. The average molecular weight is 527 g/mol. The second-order valence-corrected chi connectivity index (χ2v) is 9.67. The molecule has 2 heterocycles. The SMILES string of the molecule is C=CC(Cl)C/C=C/Sc1c2n(c3cc(/C(=N/N)N(C)N)cc(Br)c13)CCC2CC(=O)O. The van der Waals surface area contributed by atoms with Gasteiger partial charge in [-0.2, -0.15) is 5.10 Å². The Morgan fingerprint density at radius 2 is 2.32 bits per heavy atom. The monoisotopic (exact) mass is 525 g/mol. The summed E-state index contributed by atoms with van der Waals surface area (Å²) < 4.78 is 3.07. The summed E-state index contributed by atoms with van der Waals surface area (Å²) in [6.45, 7) is 4.45. The van der Waals surface area contributed by atoms with Crippen molar-refractivity contribution in [2.75, 3.05) is 7.05 Å². The van der Waals surface area contributed by atoms with E-state index in [4.69, 9.17) is 23.3 Å². The largest absolute Gasteiger partial charge is 0.481 e. The second kappa shape index (κ2) is 10.1. The molecule has 1 aliphatic heterocycles. The molecule has 31 heavy (non-hydrogen) atoms. The molecule has 0 bridgehead atoms. The van der Waals surface area contributed by atoms with Gasteiger partial charge in [0.25, 0.3) is 0 Å². The van der Waals surface area contributed by atoms with E-state index in [1.165, 1.54) is 5.01 Å². The van der Waals surface area contributed by atoms with E-state index < -0.39 is 5.97 Å². The first-order valence-electron chi connectivity index (χ1n) is 9.70. The fourth-order valence-electron chi connectivity index (χ4n) is 3.90. The molecule has 2 atom stereocenters. The van der Waals surface area contributed by atoms with E-state index in [-0.39, 0.29) is 17.7 Å². The van der Waals surface area contributed by atoms with E-state index in [2.05, 4.69) is 32.2 Å². The first-order chi connectivity index (χ1) is 14.8. The fraction of sp³-hybridized carbons (Fsp3) is 0.333. The molecule has 0 aliphatic carbocycles. The van der Waals surface area contributed by atoms with Crippen LogP contribution < -0.4 is 11.7 Å². The van der Waals surface area contributed by atoms with Crippen LogP contribution in [0.25, 0.3) is 10.9 Å². The highest BCUT2D eigenvalue weighted by Gasteiger charge is 2.32. The van der Waals surface area contributed by atoms with Crippen molar-refractivity contribution in [2.45, 2.75) is 42.0 Å². The summed E-state index contributed by atoms with van der Waals surface area (Å²) >= 11 is 11.4. The van der Waals surface area contributed by atoms with Gasteiger partial charge in [-0.25, -0.2) is 5.84 Å². The minimum Gasteiger partial charge on any atom is -0.481 e. The van der Waals surface area contributed by atoms with E-state index in [9.17, 15) is 9.90 Å². The van der Waals surface area contributed by atoms with E-state index >= 15 is 0 Å². The lowest BCUT2D eigenvalue weighted by Crippen LogP contribution is -2.34. The van der Waals surface area contributed by atoms with Crippen LogP contribution in [0.1, 0.15) is 36.4 Å². The molecule has 2 unspecified atom stereocenters. The molecule has 0 saturated heterocycles. The Bertz CT molecular complexity index is 1070. The molecule has 166 valence electrons. The number of carboxylic acid groups (broad SMARTS) is 1. The number of alkyl halides is 1. The Kier molecular flexibility index (Phi) is 7.74. The maximum atomic E-state index is 11.5. The van der Waals surface area contributed by atoms with Crippen LogP contribution >= 0.6 is 39.3 Å². The van der Waals surface area contributed by atoms with Crippen molar-refractivity contribution in [3.8, 4) is 0 Å². The maximum Gasteiger partial charge on any atom is 0.304 e. The van der Waals surface area contributed by atoms with Gasteiger partial charge in [-0.15, -0.1) is 18.2 Å². The number of aryl methyl sites for hydroxylation is 1. The molecular weight excluding hydrogens is 502 g/mol. The summed E-state index contributed by atoms with van der Waals surface area (Å²) in [6, 6.07) is 3.93. The van der Waals surface area contributed by atoms with Crippen LogP contribution in [0.2, 0.25) is 0 Å². The van der Waals surface area contributed by atoms with Gasteiger partial charge in [-0.05, 0) is 30.4 Å². The van der Waals surface area contributed by atoms with Gasteiger partial charge in [0.15, 0.2) is 5.84 Å². The predicted octanol–water partition coefficient (Wildman–Crippen LogP) is 4.58. The van der Waals surface area contributed by atoms with E-state index in [0.29, 0.717) is 12.3 Å². The van der Waals surface area contributed by atoms with E-state index in [1.54, 1.807) is 24.9 Å². The number of rotatable bonds is 8. The highest BCUT2D eigenvalue weighted by atomic mass is 79.9. The smallest absolute Gasteiger partial charge is 0.304 e. The van der Waals surface area contributed by atoms with Crippen molar-refractivity contribution in [2.24, 2.45) is 16.8 Å². The first kappa shape index (κ1) is 23.7. The summed E-state index contributed by atoms with van der Waals surface area (Å²) in [6.07, 6.45) is 5.26. The summed E-state index contributed by atoms with van der Waals surface area (Å²) in [7, 11) is 1.68. The number of amidine groups is 1. The summed E-state index contributed by atoms with van der Waals surface area (Å²) in [5.41, 5.74) is 2.81. The minimum atomic E-state index is -0.798. The zero-order valence-corrected chi connectivity index (χ0v) is 20.3. The number of halogens is 2. The number of hydrazine groups is 1. The average Bonchev–Trinajstić information content (AvgIpc) is 3.24. The third-order valence-corrected chi connectivity index (χ3v) is 7.19. The molecule has 1 aromatic heterocycles. The van der Waals surface area contributed by atoms with Crippen LogP contribution in [0.3, 0.4) is 0 Å². The number of fused-ring (bicyclic) bond motifs is 3. The van der Waals surface area contributed by atoms with Gasteiger partial charge in [0.1, 0.15) is 0 Å². The van der Waals surface area contributed by atoms with Gasteiger partial charge >= 0.3 is 5.97 Å². The number of aromatic nitrogens is 1. The number of allylic oxidation sites excluding steroid dienone is 2. The zero-order chi connectivity index (χ0) is 22.7. The third-order valence-electron chi connectivity index (χ3n) is 5.23. The van der Waals surface area contributed by atoms with Gasteiger partial charge in [0.05, 0.1) is 17.3 Å². The molecule has 0 amide bonds. The lowest BCUT2D eigenvalue weighted by molar-refractivity contribution is -0.137. The van der Waals surface area contributed by atoms with Crippen molar-refractivity contribution in [3.63, 3.8) is 0 Å². The van der Waals surface area contributed by atoms with Crippen LogP contribution in [-0.4, -0.2) is 38.9 Å². The summed E-state index contributed by atoms with van der Waals surface area (Å²) in [4.78, 5) is 12.5. The molecule has 10 heteroatoms. The predicted molar refractivity (Wildman–Crippen MR) is 131 cm³/mol. The Labute approximate surface area is 198 Å². The number of nitrogens with zero attached hydrogens (tertiary/aromatic N) is 3. The van der Waals surface area contributed by atoms with Gasteiger partial charge in [-0.3, -0.25) is 9.80 Å². The van der Waals surface area contributed by atoms with Crippen molar-refractivity contribution < 1.29 is 9.90 Å². The molecule has 2 aromatic rings. The highest BCUT2D eigenvalue weighted by molar-refractivity contribution is 9.10. The number of carboxylic acids is 1. The number of benzene rings is 1. The van der Waals surface area contributed by atoms with Crippen molar-refractivity contribution in [1.29, 1.82) is 0 Å². The van der Waals surface area contributed by atoms with Crippen LogP contribution in [0.5, 0.6) is 0 Å². The van der Waals surface area contributed by atoms with Gasteiger partial charge in [-0.1, -0.05) is 39.8 Å². The molecule has 0 saturated carbocycles. The van der Waals surface area contributed by atoms with Crippen LogP contribution in [0, 0.1) is 0 Å². The number of thioether (sulfide) groups is 1.